The van der Waals surface area contributed by atoms with Crippen LogP contribution < -0.4 is 5.32 Å². The molecular weight excluding hydrogens is 375 g/mol. The summed E-state index contributed by atoms with van der Waals surface area (Å²) in [4.78, 5) is 16.0. The number of carbonyl (C=O) groups is 1. The predicted octanol–water partition coefficient (Wildman–Crippen LogP) is 5.62. The van der Waals surface area contributed by atoms with Crippen molar-refractivity contribution in [2.75, 3.05) is 18.4 Å². The van der Waals surface area contributed by atoms with E-state index in [9.17, 15) is 9.18 Å². The largest absolute Gasteiger partial charge is 0.459 e. The average molecular weight is 399 g/mol. The molecule has 0 spiro atoms. The first-order valence-electron chi connectivity index (χ1n) is 9.56. The number of halogens is 1. The van der Waals surface area contributed by atoms with Gasteiger partial charge in [0, 0.05) is 10.4 Å². The molecule has 1 fully saturated rings. The summed E-state index contributed by atoms with van der Waals surface area (Å²) in [6.45, 7) is 3.94. The number of furan rings is 1. The van der Waals surface area contributed by atoms with E-state index >= 15 is 0 Å². The first kappa shape index (κ1) is 18.9. The minimum atomic E-state index is -0.273. The Hall–Kier alpha value is -2.44. The lowest BCUT2D eigenvalue weighted by Gasteiger charge is -2.35. The third-order valence-corrected chi connectivity index (χ3v) is 6.05. The van der Waals surface area contributed by atoms with Gasteiger partial charge in [-0.2, -0.15) is 0 Å². The van der Waals surface area contributed by atoms with Crippen molar-refractivity contribution in [2.45, 2.75) is 32.2 Å². The Kier molecular flexibility index (Phi) is 5.59. The number of piperidine rings is 1. The molecule has 0 radical (unpaired) electrons. The molecule has 146 valence electrons. The molecule has 1 saturated heterocycles. The topological polar surface area (TPSA) is 45.5 Å². The molecule has 0 saturated carbocycles. The predicted molar refractivity (Wildman–Crippen MR) is 109 cm³/mol. The van der Waals surface area contributed by atoms with E-state index in [1.54, 1.807) is 24.3 Å². The van der Waals surface area contributed by atoms with Crippen molar-refractivity contribution in [3.8, 4) is 0 Å². The van der Waals surface area contributed by atoms with E-state index in [0.29, 0.717) is 0 Å². The van der Waals surface area contributed by atoms with E-state index in [-0.39, 0.29) is 23.5 Å². The van der Waals surface area contributed by atoms with Crippen LogP contribution in [0.4, 0.5) is 9.39 Å². The molecule has 3 aromatic rings. The van der Waals surface area contributed by atoms with E-state index in [2.05, 4.69) is 16.3 Å². The van der Waals surface area contributed by atoms with E-state index in [1.807, 2.05) is 13.0 Å². The number of anilines is 1. The Labute approximate surface area is 168 Å². The number of hydrogen-bond acceptors (Lipinski definition) is 4. The lowest BCUT2D eigenvalue weighted by Crippen LogP contribution is -2.34. The summed E-state index contributed by atoms with van der Waals surface area (Å²) < 4.78 is 19.2. The zero-order chi connectivity index (χ0) is 19.5. The van der Waals surface area contributed by atoms with Gasteiger partial charge in [-0.3, -0.25) is 9.69 Å². The molecule has 6 heteroatoms. The summed E-state index contributed by atoms with van der Waals surface area (Å²) in [5.74, 6) is -0.241. The van der Waals surface area contributed by atoms with Crippen LogP contribution in [0.5, 0.6) is 0 Å². The third-order valence-electron chi connectivity index (χ3n) is 5.07. The number of likely N-dealkylation sites (tertiary alicyclic amines) is 1. The Morgan fingerprint density at radius 3 is 2.71 bits per heavy atom. The highest BCUT2D eigenvalue weighted by atomic mass is 32.1. The second kappa shape index (κ2) is 8.29. The lowest BCUT2D eigenvalue weighted by atomic mass is 9.96. The van der Waals surface area contributed by atoms with Gasteiger partial charge < -0.3 is 9.73 Å². The van der Waals surface area contributed by atoms with Crippen LogP contribution in [0.1, 0.15) is 51.9 Å². The third kappa shape index (κ3) is 4.03. The molecular formula is C22H23FN2O2S. The maximum atomic E-state index is 14.0. The first-order chi connectivity index (χ1) is 13.6. The summed E-state index contributed by atoms with van der Waals surface area (Å²) in [6, 6.07) is 12.1. The van der Waals surface area contributed by atoms with Crippen LogP contribution in [-0.4, -0.2) is 23.9 Å². The molecule has 4 nitrogen and oxygen atoms in total. The van der Waals surface area contributed by atoms with Gasteiger partial charge in [0.2, 0.25) is 0 Å². The molecule has 3 heterocycles. The number of nitrogens with one attached hydrogen (secondary N) is 1. The van der Waals surface area contributed by atoms with Crippen LogP contribution in [0.3, 0.4) is 0 Å². The Balaban J connectivity index is 1.72. The molecule has 1 N–H and O–H groups in total. The molecule has 0 aliphatic carbocycles. The highest BCUT2D eigenvalue weighted by molar-refractivity contribution is 7.16. The lowest BCUT2D eigenvalue weighted by molar-refractivity contribution is 0.0996. The minimum absolute atomic E-state index is 0.0900. The molecule has 1 aliphatic heterocycles. The Morgan fingerprint density at radius 1 is 1.18 bits per heavy atom. The quantitative estimate of drug-likeness (QED) is 0.607. The molecule has 1 atom stereocenters. The van der Waals surface area contributed by atoms with E-state index in [0.717, 1.165) is 46.9 Å². The highest BCUT2D eigenvalue weighted by Gasteiger charge is 2.28. The second-order valence-corrected chi connectivity index (χ2v) is 8.38. The SMILES string of the molecule is Cc1cc(C(c2cccc(F)c2)N2CCCCC2)c(NC(=O)c2ccco2)s1. The molecule has 1 aliphatic rings. The zero-order valence-electron chi connectivity index (χ0n) is 15.8. The van der Waals surface area contributed by atoms with Crippen LogP contribution in [0, 0.1) is 12.7 Å². The number of benzene rings is 1. The van der Waals surface area contributed by atoms with Gasteiger partial charge in [0.1, 0.15) is 10.8 Å². The number of nitrogens with zero attached hydrogens (tertiary/aromatic N) is 1. The zero-order valence-corrected chi connectivity index (χ0v) is 16.6. The average Bonchev–Trinajstić information content (AvgIpc) is 3.34. The molecule has 2 aromatic heterocycles. The number of aryl methyl sites for hydroxylation is 1. The fourth-order valence-electron chi connectivity index (χ4n) is 3.85. The molecule has 1 aromatic carbocycles. The standard InChI is InChI=1S/C22H23FN2O2S/c1-15-13-18(22(28-15)24-21(26)19-9-6-12-27-19)20(25-10-3-2-4-11-25)16-7-5-8-17(23)14-16/h5-9,12-14,20H,2-4,10-11H2,1H3,(H,24,26). The summed E-state index contributed by atoms with van der Waals surface area (Å²) >= 11 is 1.54. The van der Waals surface area contributed by atoms with E-state index in [4.69, 9.17) is 4.42 Å². The van der Waals surface area contributed by atoms with Crippen LogP contribution in [0.25, 0.3) is 0 Å². The molecule has 4 rings (SSSR count). The van der Waals surface area contributed by atoms with Crippen molar-refractivity contribution in [3.05, 3.63) is 76.3 Å². The van der Waals surface area contributed by atoms with Crippen LogP contribution in [0.15, 0.2) is 53.1 Å². The van der Waals surface area contributed by atoms with Crippen molar-refractivity contribution in [2.24, 2.45) is 0 Å². The fraction of sp³-hybridized carbons (Fsp3) is 0.318. The van der Waals surface area contributed by atoms with Gasteiger partial charge in [-0.25, -0.2) is 4.39 Å². The van der Waals surface area contributed by atoms with E-state index < -0.39 is 0 Å². The number of rotatable bonds is 5. The van der Waals surface area contributed by atoms with Crippen LogP contribution in [0.2, 0.25) is 0 Å². The van der Waals surface area contributed by atoms with Crippen molar-refractivity contribution in [1.82, 2.24) is 4.90 Å². The maximum absolute atomic E-state index is 14.0. The van der Waals surface area contributed by atoms with Gasteiger partial charge in [0.15, 0.2) is 5.76 Å². The van der Waals surface area contributed by atoms with Crippen LogP contribution >= 0.6 is 11.3 Å². The van der Waals surface area contributed by atoms with Gasteiger partial charge in [-0.15, -0.1) is 11.3 Å². The van der Waals surface area contributed by atoms with Gasteiger partial charge in [-0.05, 0) is 68.8 Å². The van der Waals surface area contributed by atoms with Crippen molar-refractivity contribution >= 4 is 22.2 Å². The van der Waals surface area contributed by atoms with Crippen molar-refractivity contribution < 1.29 is 13.6 Å². The molecule has 0 bridgehead atoms. The highest BCUT2D eigenvalue weighted by Crippen LogP contribution is 2.40. The first-order valence-corrected chi connectivity index (χ1v) is 10.4. The van der Waals surface area contributed by atoms with Gasteiger partial charge in [0.05, 0.1) is 12.3 Å². The number of hydrogen-bond donors (Lipinski definition) is 1. The van der Waals surface area contributed by atoms with Crippen LogP contribution in [-0.2, 0) is 0 Å². The molecule has 28 heavy (non-hydrogen) atoms. The fourth-order valence-corrected chi connectivity index (χ4v) is 4.79. The normalized spacial score (nSPS) is 16.1. The summed E-state index contributed by atoms with van der Waals surface area (Å²) in [6.07, 6.45) is 4.96. The van der Waals surface area contributed by atoms with Gasteiger partial charge >= 0.3 is 0 Å². The van der Waals surface area contributed by atoms with Gasteiger partial charge in [-0.1, -0.05) is 18.6 Å². The second-order valence-electron chi connectivity index (χ2n) is 7.13. The molecule has 1 unspecified atom stereocenters. The minimum Gasteiger partial charge on any atom is -0.459 e. The number of thiophene rings is 1. The van der Waals surface area contributed by atoms with Gasteiger partial charge in [0.25, 0.3) is 5.91 Å². The number of carbonyl (C=O) groups excluding carboxylic acids is 1. The smallest absolute Gasteiger partial charge is 0.291 e. The molecule has 1 amide bonds. The van der Waals surface area contributed by atoms with E-state index in [1.165, 1.54) is 30.1 Å². The maximum Gasteiger partial charge on any atom is 0.291 e. The summed E-state index contributed by atoms with van der Waals surface area (Å²) in [5, 5.41) is 3.79. The monoisotopic (exact) mass is 398 g/mol. The summed E-state index contributed by atoms with van der Waals surface area (Å²) in [7, 11) is 0. The van der Waals surface area contributed by atoms with Crippen molar-refractivity contribution in [1.29, 1.82) is 0 Å². The Bertz CT molecular complexity index is 945. The van der Waals surface area contributed by atoms with Crippen molar-refractivity contribution in [3.63, 3.8) is 0 Å². The number of amides is 1. The summed E-state index contributed by atoms with van der Waals surface area (Å²) in [5.41, 5.74) is 1.92. The Morgan fingerprint density at radius 2 is 2.00 bits per heavy atom.